The summed E-state index contributed by atoms with van der Waals surface area (Å²) in [6.45, 7) is 4.76. The summed E-state index contributed by atoms with van der Waals surface area (Å²) in [5, 5.41) is 13.7. The van der Waals surface area contributed by atoms with E-state index in [9.17, 15) is 5.11 Å². The first-order valence-corrected chi connectivity index (χ1v) is 10.8. The van der Waals surface area contributed by atoms with Gasteiger partial charge in [-0.2, -0.15) is 0 Å². The number of benzene rings is 1. The van der Waals surface area contributed by atoms with E-state index in [1.165, 1.54) is 5.56 Å². The molecule has 0 bridgehead atoms. The molecule has 0 saturated carbocycles. The molecule has 2 atom stereocenters. The Morgan fingerprint density at radius 2 is 1.93 bits per heavy atom. The molecule has 150 valence electrons. The fourth-order valence-electron chi connectivity index (χ4n) is 4.18. The maximum atomic E-state index is 9.65. The van der Waals surface area contributed by atoms with Gasteiger partial charge in [0.15, 0.2) is 5.11 Å². The van der Waals surface area contributed by atoms with Crippen molar-refractivity contribution in [2.45, 2.75) is 25.9 Å². The van der Waals surface area contributed by atoms with Crippen LogP contribution in [-0.2, 0) is 0 Å². The van der Waals surface area contributed by atoms with Crippen molar-refractivity contribution in [2.75, 3.05) is 13.2 Å². The van der Waals surface area contributed by atoms with E-state index in [1.807, 2.05) is 30.3 Å². The first-order chi connectivity index (χ1) is 14.0. The second-order valence-electron chi connectivity index (χ2n) is 7.16. The van der Waals surface area contributed by atoms with Crippen molar-refractivity contribution in [3.05, 3.63) is 81.8 Å². The van der Waals surface area contributed by atoms with Crippen molar-refractivity contribution in [1.29, 1.82) is 0 Å². The Morgan fingerprint density at radius 3 is 2.62 bits per heavy atom. The van der Waals surface area contributed by atoms with Gasteiger partial charge >= 0.3 is 0 Å². The third-order valence-electron chi connectivity index (χ3n) is 5.42. The zero-order valence-electron chi connectivity index (χ0n) is 16.3. The number of rotatable bonds is 5. The zero-order valence-corrected chi connectivity index (χ0v) is 18.7. The predicted molar refractivity (Wildman–Crippen MR) is 122 cm³/mol. The summed E-state index contributed by atoms with van der Waals surface area (Å²) in [6, 6.07) is 16.2. The van der Waals surface area contributed by atoms with E-state index in [2.05, 4.69) is 67.7 Å². The van der Waals surface area contributed by atoms with Gasteiger partial charge in [-0.15, -0.1) is 0 Å². The molecule has 1 saturated heterocycles. The standard InChI is InChI=1S/C22H23BrN4OS/c1-14-13-16(15(2)27(14)19-9-4-3-7-17(19)23)21-20(18-8-5-6-10-24-18)25-22(29)26(21)11-12-28/h3-10,13,20-21,28H,11-12H2,1-2H3,(H,25,29)/t20-,21-/m1/s1. The number of aryl methyl sites for hydroxylation is 1. The second kappa shape index (κ2) is 8.26. The van der Waals surface area contributed by atoms with Gasteiger partial charge in [-0.05, 0) is 77.9 Å². The van der Waals surface area contributed by atoms with Gasteiger partial charge in [0.1, 0.15) is 0 Å². The van der Waals surface area contributed by atoms with Crippen LogP contribution in [0.3, 0.4) is 0 Å². The monoisotopic (exact) mass is 470 g/mol. The molecule has 0 spiro atoms. The number of hydrogen-bond donors (Lipinski definition) is 2. The molecule has 0 amide bonds. The van der Waals surface area contributed by atoms with Crippen molar-refractivity contribution >= 4 is 33.3 Å². The molecule has 5 nitrogen and oxygen atoms in total. The molecule has 2 aromatic heterocycles. The van der Waals surface area contributed by atoms with Gasteiger partial charge in [0.2, 0.25) is 0 Å². The number of β-amino-alcohol motifs (C(OH)–C–C–N with tert-alkyl or cyclic N) is 1. The van der Waals surface area contributed by atoms with Crippen LogP contribution in [0.5, 0.6) is 0 Å². The average molecular weight is 471 g/mol. The fraction of sp³-hybridized carbons (Fsp3) is 0.273. The lowest BCUT2D eigenvalue weighted by molar-refractivity contribution is 0.223. The summed E-state index contributed by atoms with van der Waals surface area (Å²) in [5.41, 5.74) is 5.51. The van der Waals surface area contributed by atoms with Crippen molar-refractivity contribution in [3.8, 4) is 5.69 Å². The highest BCUT2D eigenvalue weighted by molar-refractivity contribution is 9.10. The topological polar surface area (TPSA) is 53.3 Å². The molecule has 4 rings (SSSR count). The van der Waals surface area contributed by atoms with Crippen LogP contribution < -0.4 is 5.32 Å². The minimum absolute atomic E-state index is 0.0379. The number of thiocarbonyl (C=S) groups is 1. The lowest BCUT2D eigenvalue weighted by atomic mass is 9.97. The Hall–Kier alpha value is -2.22. The molecule has 0 unspecified atom stereocenters. The lowest BCUT2D eigenvalue weighted by Gasteiger charge is -2.27. The number of halogens is 1. The number of hydrogen-bond acceptors (Lipinski definition) is 3. The number of nitrogens with zero attached hydrogens (tertiary/aromatic N) is 3. The maximum Gasteiger partial charge on any atom is 0.170 e. The maximum absolute atomic E-state index is 9.65. The molecule has 1 fully saturated rings. The third-order valence-corrected chi connectivity index (χ3v) is 6.44. The van der Waals surface area contributed by atoms with E-state index in [1.54, 1.807) is 6.20 Å². The number of para-hydroxylation sites is 1. The van der Waals surface area contributed by atoms with E-state index in [0.29, 0.717) is 11.7 Å². The first kappa shape index (κ1) is 20.1. The van der Waals surface area contributed by atoms with Crippen LogP contribution in [0.1, 0.15) is 34.7 Å². The highest BCUT2D eigenvalue weighted by Gasteiger charge is 2.41. The number of aliphatic hydroxyl groups excluding tert-OH is 1. The van der Waals surface area contributed by atoms with Gasteiger partial charge in [-0.1, -0.05) is 18.2 Å². The number of pyridine rings is 1. The van der Waals surface area contributed by atoms with Gasteiger partial charge in [-0.3, -0.25) is 4.98 Å². The van der Waals surface area contributed by atoms with Crippen LogP contribution in [0.25, 0.3) is 5.69 Å². The summed E-state index contributed by atoms with van der Waals surface area (Å²) in [5.74, 6) is 0. The van der Waals surface area contributed by atoms with E-state index in [4.69, 9.17) is 12.2 Å². The largest absolute Gasteiger partial charge is 0.395 e. The van der Waals surface area contributed by atoms with E-state index in [-0.39, 0.29) is 18.7 Å². The lowest BCUT2D eigenvalue weighted by Crippen LogP contribution is -2.32. The SMILES string of the molecule is Cc1cc([C@@H]2[C@@H](c3ccccn3)NC(=S)N2CCO)c(C)n1-c1ccccc1Br. The summed E-state index contributed by atoms with van der Waals surface area (Å²) < 4.78 is 3.30. The highest BCUT2D eigenvalue weighted by atomic mass is 79.9. The quantitative estimate of drug-likeness (QED) is 0.546. The molecule has 29 heavy (non-hydrogen) atoms. The normalized spacial score (nSPS) is 18.9. The second-order valence-corrected chi connectivity index (χ2v) is 8.40. The molecule has 7 heteroatoms. The van der Waals surface area contributed by atoms with Crippen LogP contribution in [0.4, 0.5) is 0 Å². The van der Waals surface area contributed by atoms with Gasteiger partial charge in [0.05, 0.1) is 30.1 Å². The molecule has 1 aromatic carbocycles. The summed E-state index contributed by atoms with van der Waals surface area (Å²) in [6.07, 6.45) is 1.80. The molecular weight excluding hydrogens is 448 g/mol. The predicted octanol–water partition coefficient (Wildman–Crippen LogP) is 4.22. The Morgan fingerprint density at radius 1 is 1.17 bits per heavy atom. The Bertz CT molecular complexity index is 1040. The number of aromatic nitrogens is 2. The fourth-order valence-corrected chi connectivity index (χ4v) is 4.98. The molecule has 2 N–H and O–H groups in total. The van der Waals surface area contributed by atoms with Gasteiger partial charge in [0.25, 0.3) is 0 Å². The van der Waals surface area contributed by atoms with E-state index >= 15 is 0 Å². The van der Waals surface area contributed by atoms with Crippen molar-refractivity contribution in [1.82, 2.24) is 19.8 Å². The number of nitrogens with one attached hydrogen (secondary N) is 1. The molecule has 0 aliphatic carbocycles. The Kier molecular flexibility index (Phi) is 5.72. The molecule has 1 aliphatic rings. The average Bonchev–Trinajstić information content (AvgIpc) is 3.19. The van der Waals surface area contributed by atoms with E-state index < -0.39 is 0 Å². The minimum Gasteiger partial charge on any atom is -0.395 e. The van der Waals surface area contributed by atoms with Gasteiger partial charge in [0, 0.05) is 28.6 Å². The van der Waals surface area contributed by atoms with Gasteiger partial charge in [-0.25, -0.2) is 0 Å². The zero-order chi connectivity index (χ0) is 20.5. The molecule has 1 aliphatic heterocycles. The van der Waals surface area contributed by atoms with Crippen molar-refractivity contribution < 1.29 is 5.11 Å². The van der Waals surface area contributed by atoms with Crippen LogP contribution in [0, 0.1) is 13.8 Å². The molecular formula is C22H23BrN4OS. The van der Waals surface area contributed by atoms with E-state index in [0.717, 1.165) is 27.2 Å². The first-order valence-electron chi connectivity index (χ1n) is 9.55. The summed E-state index contributed by atoms with van der Waals surface area (Å²) in [4.78, 5) is 6.64. The smallest absolute Gasteiger partial charge is 0.170 e. The molecule has 3 heterocycles. The third kappa shape index (κ3) is 3.58. The summed E-state index contributed by atoms with van der Waals surface area (Å²) >= 11 is 9.30. The van der Waals surface area contributed by atoms with Crippen LogP contribution in [0.2, 0.25) is 0 Å². The molecule has 3 aromatic rings. The van der Waals surface area contributed by atoms with Crippen LogP contribution in [-0.4, -0.2) is 37.8 Å². The highest BCUT2D eigenvalue weighted by Crippen LogP contribution is 2.41. The van der Waals surface area contributed by atoms with Crippen LogP contribution >= 0.6 is 28.1 Å². The van der Waals surface area contributed by atoms with Crippen molar-refractivity contribution in [2.24, 2.45) is 0 Å². The number of aliphatic hydroxyl groups is 1. The van der Waals surface area contributed by atoms with Crippen molar-refractivity contribution in [3.63, 3.8) is 0 Å². The molecule has 0 radical (unpaired) electrons. The van der Waals surface area contributed by atoms with Crippen LogP contribution in [0.15, 0.2) is 59.2 Å². The minimum atomic E-state index is -0.0802. The Balaban J connectivity index is 1.85. The summed E-state index contributed by atoms with van der Waals surface area (Å²) in [7, 11) is 0. The van der Waals surface area contributed by atoms with Gasteiger partial charge < -0.3 is 19.9 Å². The Labute approximate surface area is 184 Å².